The number of carboxylic acids is 1. The van der Waals surface area contributed by atoms with Gasteiger partial charge in [0.2, 0.25) is 21.7 Å². The third kappa shape index (κ3) is 7.55. The molecule has 244 valence electrons. The summed E-state index contributed by atoms with van der Waals surface area (Å²) >= 11 is 0.790. The molecule has 0 spiro atoms. The van der Waals surface area contributed by atoms with Gasteiger partial charge in [-0.25, -0.2) is 13.2 Å². The molecular formula is C31H36N6O7S2. The van der Waals surface area contributed by atoms with Crippen molar-refractivity contribution in [1.29, 1.82) is 0 Å². The predicted molar refractivity (Wildman–Crippen MR) is 174 cm³/mol. The number of thiophene rings is 1. The summed E-state index contributed by atoms with van der Waals surface area (Å²) in [6.45, 7) is 3.00. The molecule has 0 aliphatic rings. The lowest BCUT2D eigenvalue weighted by atomic mass is 9.97. The van der Waals surface area contributed by atoms with Crippen molar-refractivity contribution in [1.82, 2.24) is 20.9 Å². The van der Waals surface area contributed by atoms with Gasteiger partial charge in [0, 0.05) is 29.0 Å². The fraction of sp³-hybridized carbons (Fsp3) is 0.290. The van der Waals surface area contributed by atoms with E-state index < -0.39 is 58.2 Å². The molecule has 0 aliphatic carbocycles. The average Bonchev–Trinajstić information content (AvgIpc) is 3.64. The standard InChI is InChI=1S/C31H36N6O7S2/c1-3-17(2)26(37-28(38)21(32)13-18-14-34-22-12-8-7-11-20(18)22)29(39)36-23(31(41)42)15-35-30(40)27-25(33)24(16-45-27)46(43,44)19-9-5-4-6-10-19/h4-12,14,16-17,21,23,26,34H,3,13,15,32-33H2,1-2H3,(H,35,40)(H,36,39)(H,37,38)(H,41,42)/t17-,21+,23+,26+/m1/s1. The first kappa shape index (κ1) is 34.1. The number of H-pyrrole nitrogens is 1. The van der Waals surface area contributed by atoms with E-state index in [4.69, 9.17) is 11.5 Å². The molecule has 0 unspecified atom stereocenters. The number of nitrogens with one attached hydrogen (secondary N) is 4. The Hall–Kier alpha value is -4.73. The van der Waals surface area contributed by atoms with E-state index in [1.807, 2.05) is 31.2 Å². The molecule has 0 saturated heterocycles. The third-order valence-electron chi connectivity index (χ3n) is 7.67. The van der Waals surface area contributed by atoms with Crippen LogP contribution in [0.25, 0.3) is 10.9 Å². The van der Waals surface area contributed by atoms with Crippen LogP contribution in [0.2, 0.25) is 0 Å². The highest BCUT2D eigenvalue weighted by Gasteiger charge is 2.32. The number of aromatic amines is 1. The number of sulfone groups is 1. The van der Waals surface area contributed by atoms with Gasteiger partial charge < -0.3 is 37.5 Å². The molecule has 4 rings (SSSR count). The Morgan fingerprint density at radius 3 is 2.35 bits per heavy atom. The molecule has 0 radical (unpaired) electrons. The zero-order valence-electron chi connectivity index (χ0n) is 25.1. The number of nitrogen functional groups attached to an aromatic ring is 1. The first-order valence-electron chi connectivity index (χ1n) is 14.4. The Morgan fingerprint density at radius 2 is 1.67 bits per heavy atom. The molecule has 2 aromatic carbocycles. The Bertz CT molecular complexity index is 1840. The van der Waals surface area contributed by atoms with Crippen LogP contribution in [0.5, 0.6) is 0 Å². The largest absolute Gasteiger partial charge is 0.480 e. The number of hydrogen-bond donors (Lipinski definition) is 7. The zero-order valence-corrected chi connectivity index (χ0v) is 26.8. The first-order chi connectivity index (χ1) is 21.8. The highest BCUT2D eigenvalue weighted by molar-refractivity contribution is 7.91. The van der Waals surface area contributed by atoms with E-state index >= 15 is 0 Å². The minimum atomic E-state index is -3.99. The number of carboxylic acid groups (broad SMARTS) is 1. The van der Waals surface area contributed by atoms with Crippen LogP contribution < -0.4 is 27.4 Å². The van der Waals surface area contributed by atoms with Crippen LogP contribution in [-0.2, 0) is 30.6 Å². The minimum Gasteiger partial charge on any atom is -0.480 e. The average molecular weight is 669 g/mol. The lowest BCUT2D eigenvalue weighted by Crippen LogP contribution is -2.58. The van der Waals surface area contributed by atoms with Crippen molar-refractivity contribution in [3.8, 4) is 0 Å². The number of amides is 3. The van der Waals surface area contributed by atoms with Gasteiger partial charge in [0.1, 0.15) is 21.9 Å². The van der Waals surface area contributed by atoms with Crippen molar-refractivity contribution in [3.63, 3.8) is 0 Å². The van der Waals surface area contributed by atoms with Crippen LogP contribution in [0.1, 0.15) is 35.5 Å². The van der Waals surface area contributed by atoms with Crippen molar-refractivity contribution >= 4 is 61.5 Å². The maximum atomic E-state index is 13.3. The Morgan fingerprint density at radius 1 is 1.00 bits per heavy atom. The summed E-state index contributed by atoms with van der Waals surface area (Å²) < 4.78 is 26.0. The number of hydrogen-bond acceptors (Lipinski definition) is 9. The maximum absolute atomic E-state index is 13.3. The summed E-state index contributed by atoms with van der Waals surface area (Å²) in [6, 6.07) is 11.5. The maximum Gasteiger partial charge on any atom is 0.328 e. The second-order valence-corrected chi connectivity index (χ2v) is 13.6. The van der Waals surface area contributed by atoms with E-state index in [0.29, 0.717) is 6.42 Å². The van der Waals surface area contributed by atoms with E-state index in [1.165, 1.54) is 17.5 Å². The molecule has 9 N–H and O–H groups in total. The summed E-state index contributed by atoms with van der Waals surface area (Å²) in [4.78, 5) is 54.1. The van der Waals surface area contributed by atoms with Crippen LogP contribution >= 0.6 is 11.3 Å². The molecule has 3 amide bonds. The van der Waals surface area contributed by atoms with Gasteiger partial charge in [0.25, 0.3) is 5.91 Å². The van der Waals surface area contributed by atoms with Crippen molar-refractivity contribution in [2.75, 3.05) is 12.3 Å². The summed E-state index contributed by atoms with van der Waals surface area (Å²) in [7, 11) is -3.99. The first-order valence-corrected chi connectivity index (χ1v) is 16.8. The van der Waals surface area contributed by atoms with Gasteiger partial charge in [-0.05, 0) is 36.1 Å². The quantitative estimate of drug-likeness (QED) is 0.104. The zero-order chi connectivity index (χ0) is 33.6. The van der Waals surface area contributed by atoms with Gasteiger partial charge in [-0.3, -0.25) is 14.4 Å². The second kappa shape index (κ2) is 14.6. The Kier molecular flexibility index (Phi) is 10.8. The molecular weight excluding hydrogens is 633 g/mol. The molecule has 46 heavy (non-hydrogen) atoms. The normalized spacial score (nSPS) is 14.2. The van der Waals surface area contributed by atoms with E-state index in [9.17, 15) is 32.7 Å². The number of carbonyl (C=O) groups is 4. The summed E-state index contributed by atoms with van der Waals surface area (Å²) in [5.41, 5.74) is 13.7. The number of nitrogens with two attached hydrogens (primary N) is 2. The van der Waals surface area contributed by atoms with Crippen LogP contribution in [0.15, 0.2) is 76.0 Å². The van der Waals surface area contributed by atoms with Gasteiger partial charge in [0.15, 0.2) is 0 Å². The number of fused-ring (bicyclic) bond motifs is 1. The van der Waals surface area contributed by atoms with Crippen molar-refractivity contribution in [2.24, 2.45) is 11.7 Å². The van der Waals surface area contributed by atoms with Crippen LogP contribution in [-0.4, -0.2) is 66.9 Å². The van der Waals surface area contributed by atoms with Gasteiger partial charge in [-0.15, -0.1) is 11.3 Å². The minimum absolute atomic E-state index is 0.00184. The van der Waals surface area contributed by atoms with E-state index in [2.05, 4.69) is 20.9 Å². The molecule has 0 aliphatic heterocycles. The third-order valence-corrected chi connectivity index (χ3v) is 10.6. The lowest BCUT2D eigenvalue weighted by Gasteiger charge is -2.26. The van der Waals surface area contributed by atoms with Crippen molar-refractivity contribution in [3.05, 3.63) is 76.6 Å². The molecule has 4 aromatic rings. The molecule has 0 bridgehead atoms. The SMILES string of the molecule is CC[C@@H](C)[C@H](NC(=O)[C@@H](N)Cc1c[nH]c2ccccc12)C(=O)N[C@@H](CNC(=O)c1scc(S(=O)(=O)c2ccccc2)c1N)C(=O)O. The number of aliphatic carboxylic acids is 1. The van der Waals surface area contributed by atoms with E-state index in [-0.39, 0.29) is 32.7 Å². The summed E-state index contributed by atoms with van der Waals surface area (Å²) in [5, 5.41) is 19.4. The van der Waals surface area contributed by atoms with E-state index in [1.54, 1.807) is 31.3 Å². The molecule has 0 fully saturated rings. The van der Waals surface area contributed by atoms with Crippen molar-refractivity contribution in [2.45, 2.75) is 54.6 Å². The number of anilines is 1. The van der Waals surface area contributed by atoms with Crippen molar-refractivity contribution < 1.29 is 32.7 Å². The molecule has 2 heterocycles. The van der Waals surface area contributed by atoms with Gasteiger partial charge >= 0.3 is 5.97 Å². The summed E-state index contributed by atoms with van der Waals surface area (Å²) in [6.07, 6.45) is 2.46. The van der Waals surface area contributed by atoms with Crippen LogP contribution in [0.3, 0.4) is 0 Å². The van der Waals surface area contributed by atoms with Gasteiger partial charge in [-0.2, -0.15) is 0 Å². The van der Waals surface area contributed by atoms with E-state index in [0.717, 1.165) is 27.8 Å². The smallest absolute Gasteiger partial charge is 0.328 e. The monoisotopic (exact) mass is 668 g/mol. The number of para-hydroxylation sites is 1. The van der Waals surface area contributed by atoms with Crippen LogP contribution in [0.4, 0.5) is 5.69 Å². The molecule has 15 heteroatoms. The molecule has 4 atom stereocenters. The number of benzene rings is 2. The number of aromatic nitrogens is 1. The predicted octanol–water partition coefficient (Wildman–Crippen LogP) is 2.04. The summed E-state index contributed by atoms with van der Waals surface area (Å²) in [5.74, 6) is -3.99. The van der Waals surface area contributed by atoms with Gasteiger partial charge in [-0.1, -0.05) is 56.7 Å². The lowest BCUT2D eigenvalue weighted by molar-refractivity contribution is -0.142. The topological polar surface area (TPSA) is 227 Å². The Balaban J connectivity index is 1.40. The molecule has 0 saturated carbocycles. The number of rotatable bonds is 14. The fourth-order valence-electron chi connectivity index (χ4n) is 4.79. The van der Waals surface area contributed by atoms with Gasteiger partial charge in [0.05, 0.1) is 16.6 Å². The highest BCUT2D eigenvalue weighted by Crippen LogP contribution is 2.33. The molecule has 13 nitrogen and oxygen atoms in total. The second-order valence-electron chi connectivity index (χ2n) is 10.8. The fourth-order valence-corrected chi connectivity index (χ4v) is 7.44. The molecule has 2 aromatic heterocycles. The number of carbonyl (C=O) groups excluding carboxylic acids is 3. The highest BCUT2D eigenvalue weighted by atomic mass is 32.2. The van der Waals surface area contributed by atoms with Crippen LogP contribution in [0, 0.1) is 5.92 Å². The Labute approximate surface area is 269 Å².